The molecule has 1 aromatic rings. The van der Waals surface area contributed by atoms with Gasteiger partial charge in [0.25, 0.3) is 5.91 Å². The molecule has 19 heavy (non-hydrogen) atoms. The van der Waals surface area contributed by atoms with Gasteiger partial charge in [-0.25, -0.2) is 0 Å². The minimum absolute atomic E-state index is 0.0222. The average molecular weight is 261 g/mol. The van der Waals surface area contributed by atoms with Crippen LogP contribution in [0.5, 0.6) is 5.75 Å². The van der Waals surface area contributed by atoms with E-state index in [9.17, 15) is 9.59 Å². The molecule has 0 radical (unpaired) electrons. The van der Waals surface area contributed by atoms with Gasteiger partial charge in [-0.3, -0.25) is 9.59 Å². The van der Waals surface area contributed by atoms with E-state index in [4.69, 9.17) is 4.74 Å². The maximum Gasteiger partial charge on any atom is 0.257 e. The van der Waals surface area contributed by atoms with Gasteiger partial charge in [-0.15, -0.1) is 0 Å². The zero-order chi connectivity index (χ0) is 13.7. The maximum absolute atomic E-state index is 11.7. The Bertz CT molecular complexity index is 466. The number of para-hydroxylation sites is 1. The zero-order valence-corrected chi connectivity index (χ0v) is 11.1. The molecule has 0 aliphatic heterocycles. The number of Topliss-reactive ketones (excluding diaryl/α,β-unsaturated/α-hetero) is 1. The van der Waals surface area contributed by atoms with Gasteiger partial charge in [0, 0.05) is 13.0 Å². The smallest absolute Gasteiger partial charge is 0.257 e. The molecule has 0 saturated heterocycles. The van der Waals surface area contributed by atoms with Crippen molar-refractivity contribution in [2.45, 2.75) is 26.2 Å². The standard InChI is InChI=1S/C15H19NO3/c1-2-13(17)12-5-3-4-6-14(12)19-10-15(18)16-9-11-7-8-11/h3-6,11H,2,7-10H2,1H3,(H,16,18). The van der Waals surface area contributed by atoms with E-state index in [2.05, 4.69) is 5.32 Å². The fourth-order valence-electron chi connectivity index (χ4n) is 1.79. The lowest BCUT2D eigenvalue weighted by atomic mass is 10.1. The minimum atomic E-state index is -0.134. The molecule has 1 fully saturated rings. The highest BCUT2D eigenvalue weighted by atomic mass is 16.5. The van der Waals surface area contributed by atoms with Gasteiger partial charge in [0.2, 0.25) is 0 Å². The molecule has 0 spiro atoms. The highest BCUT2D eigenvalue weighted by Gasteiger charge is 2.21. The molecule has 2 rings (SSSR count). The summed E-state index contributed by atoms with van der Waals surface area (Å²) in [6.07, 6.45) is 2.83. The lowest BCUT2D eigenvalue weighted by molar-refractivity contribution is -0.123. The third kappa shape index (κ3) is 4.09. The maximum atomic E-state index is 11.7. The van der Waals surface area contributed by atoms with Crippen LogP contribution in [0.2, 0.25) is 0 Å². The topological polar surface area (TPSA) is 55.4 Å². The number of benzene rings is 1. The highest BCUT2D eigenvalue weighted by molar-refractivity contribution is 5.98. The van der Waals surface area contributed by atoms with Crippen molar-refractivity contribution < 1.29 is 14.3 Å². The van der Waals surface area contributed by atoms with Gasteiger partial charge in [0.05, 0.1) is 5.56 Å². The third-order valence-corrected chi connectivity index (χ3v) is 3.15. The van der Waals surface area contributed by atoms with Crippen LogP contribution in [0, 0.1) is 5.92 Å². The van der Waals surface area contributed by atoms with Gasteiger partial charge in [-0.2, -0.15) is 0 Å². The molecule has 4 heteroatoms. The SMILES string of the molecule is CCC(=O)c1ccccc1OCC(=O)NCC1CC1. The largest absolute Gasteiger partial charge is 0.483 e. The van der Waals surface area contributed by atoms with Crippen molar-refractivity contribution >= 4 is 11.7 Å². The molecular weight excluding hydrogens is 242 g/mol. The second kappa shape index (κ2) is 6.36. The van der Waals surface area contributed by atoms with Gasteiger partial charge >= 0.3 is 0 Å². The predicted octanol–water partition coefficient (Wildman–Crippen LogP) is 2.18. The number of ether oxygens (including phenoxy) is 1. The summed E-state index contributed by atoms with van der Waals surface area (Å²) in [4.78, 5) is 23.3. The number of carbonyl (C=O) groups excluding carboxylic acids is 2. The first-order chi connectivity index (χ1) is 9.20. The monoisotopic (exact) mass is 261 g/mol. The van der Waals surface area contributed by atoms with Crippen LogP contribution >= 0.6 is 0 Å². The number of hydrogen-bond acceptors (Lipinski definition) is 3. The summed E-state index contributed by atoms with van der Waals surface area (Å²) in [6, 6.07) is 7.03. The second-order valence-corrected chi connectivity index (χ2v) is 4.81. The van der Waals surface area contributed by atoms with Crippen molar-refractivity contribution in [2.75, 3.05) is 13.2 Å². The lowest BCUT2D eigenvalue weighted by Crippen LogP contribution is -2.30. The summed E-state index contributed by atoms with van der Waals surface area (Å²) >= 11 is 0. The van der Waals surface area contributed by atoms with Gasteiger partial charge < -0.3 is 10.1 Å². The molecule has 0 unspecified atom stereocenters. The van der Waals surface area contributed by atoms with Crippen LogP contribution in [-0.4, -0.2) is 24.8 Å². The molecule has 102 valence electrons. The minimum Gasteiger partial charge on any atom is -0.483 e. The molecule has 0 atom stereocenters. The average Bonchev–Trinajstić information content (AvgIpc) is 3.26. The van der Waals surface area contributed by atoms with Gasteiger partial charge in [-0.1, -0.05) is 19.1 Å². The highest BCUT2D eigenvalue weighted by Crippen LogP contribution is 2.27. The first-order valence-corrected chi connectivity index (χ1v) is 6.72. The Morgan fingerprint density at radius 2 is 2.05 bits per heavy atom. The molecule has 1 aliphatic rings. The first kappa shape index (κ1) is 13.6. The van der Waals surface area contributed by atoms with Gasteiger partial charge in [-0.05, 0) is 30.9 Å². The summed E-state index contributed by atoms with van der Waals surface area (Å²) in [7, 11) is 0. The molecule has 1 saturated carbocycles. The van der Waals surface area contributed by atoms with Crippen LogP contribution in [0.4, 0.5) is 0 Å². The fraction of sp³-hybridized carbons (Fsp3) is 0.467. The van der Waals surface area contributed by atoms with E-state index < -0.39 is 0 Å². The number of amides is 1. The summed E-state index contributed by atoms with van der Waals surface area (Å²) in [5.41, 5.74) is 0.542. The Labute approximate surface area is 113 Å². The molecule has 4 nitrogen and oxygen atoms in total. The fourth-order valence-corrected chi connectivity index (χ4v) is 1.79. The molecule has 0 aromatic heterocycles. The van der Waals surface area contributed by atoms with Gasteiger partial charge in [0.15, 0.2) is 12.4 Å². The lowest BCUT2D eigenvalue weighted by Gasteiger charge is -2.10. The van der Waals surface area contributed by atoms with Gasteiger partial charge in [0.1, 0.15) is 5.75 Å². The summed E-state index contributed by atoms with van der Waals surface area (Å²) in [6.45, 7) is 2.50. The second-order valence-electron chi connectivity index (χ2n) is 4.81. The van der Waals surface area contributed by atoms with E-state index in [0.29, 0.717) is 23.7 Å². The summed E-state index contributed by atoms with van der Waals surface area (Å²) < 4.78 is 5.44. The van der Waals surface area contributed by atoms with Crippen molar-refractivity contribution in [2.24, 2.45) is 5.92 Å². The van der Waals surface area contributed by atoms with E-state index in [1.807, 2.05) is 6.92 Å². The number of rotatable bonds is 7. The van der Waals surface area contributed by atoms with E-state index in [1.54, 1.807) is 24.3 Å². The van der Waals surface area contributed by atoms with Crippen LogP contribution in [-0.2, 0) is 4.79 Å². The Kier molecular flexibility index (Phi) is 4.55. The van der Waals surface area contributed by atoms with Crippen LogP contribution in [0.25, 0.3) is 0 Å². The molecule has 1 aliphatic carbocycles. The van der Waals surface area contributed by atoms with E-state index in [-0.39, 0.29) is 18.3 Å². The van der Waals surface area contributed by atoms with Crippen molar-refractivity contribution in [3.05, 3.63) is 29.8 Å². The molecule has 0 heterocycles. The normalized spacial score (nSPS) is 13.9. The zero-order valence-electron chi connectivity index (χ0n) is 11.1. The van der Waals surface area contributed by atoms with Crippen molar-refractivity contribution in [1.82, 2.24) is 5.32 Å². The Hall–Kier alpha value is -1.84. The van der Waals surface area contributed by atoms with E-state index in [0.717, 1.165) is 6.54 Å². The van der Waals surface area contributed by atoms with E-state index >= 15 is 0 Å². The van der Waals surface area contributed by atoms with Crippen LogP contribution in [0.3, 0.4) is 0 Å². The van der Waals surface area contributed by atoms with Crippen molar-refractivity contribution in [3.63, 3.8) is 0 Å². The molecule has 1 amide bonds. The van der Waals surface area contributed by atoms with Crippen LogP contribution < -0.4 is 10.1 Å². The third-order valence-electron chi connectivity index (χ3n) is 3.15. The molecule has 0 bridgehead atoms. The molecule has 1 N–H and O–H groups in total. The van der Waals surface area contributed by atoms with Crippen LogP contribution in [0.1, 0.15) is 36.5 Å². The number of ketones is 1. The number of nitrogens with one attached hydrogen (secondary N) is 1. The number of hydrogen-bond donors (Lipinski definition) is 1. The summed E-state index contributed by atoms with van der Waals surface area (Å²) in [5.74, 6) is 1.02. The van der Waals surface area contributed by atoms with E-state index in [1.165, 1.54) is 12.8 Å². The Morgan fingerprint density at radius 3 is 2.74 bits per heavy atom. The van der Waals surface area contributed by atoms with Crippen LogP contribution in [0.15, 0.2) is 24.3 Å². The molecule has 1 aromatic carbocycles. The Balaban J connectivity index is 1.87. The summed E-state index contributed by atoms with van der Waals surface area (Å²) in [5, 5.41) is 2.83. The number of carbonyl (C=O) groups is 2. The first-order valence-electron chi connectivity index (χ1n) is 6.72. The quantitative estimate of drug-likeness (QED) is 0.765. The van der Waals surface area contributed by atoms with Crippen molar-refractivity contribution in [1.29, 1.82) is 0 Å². The Morgan fingerprint density at radius 1 is 1.32 bits per heavy atom. The molecular formula is C15H19NO3. The van der Waals surface area contributed by atoms with Crippen molar-refractivity contribution in [3.8, 4) is 5.75 Å². The predicted molar refractivity (Wildman–Crippen MR) is 72.3 cm³/mol.